The van der Waals surface area contributed by atoms with Gasteiger partial charge in [-0.1, -0.05) is 30.3 Å². The molecule has 1 aliphatic rings. The number of piperidine rings is 1. The highest BCUT2D eigenvalue weighted by Crippen LogP contribution is 2.20. The molecule has 1 aromatic carbocycles. The molecular formula is C19H29N3O3. The molecule has 25 heavy (non-hydrogen) atoms. The number of nitrogens with two attached hydrogens (primary N) is 1. The van der Waals surface area contributed by atoms with Crippen LogP contribution in [0, 0.1) is 0 Å². The first-order valence-electron chi connectivity index (χ1n) is 8.93. The molecule has 0 radical (unpaired) electrons. The summed E-state index contributed by atoms with van der Waals surface area (Å²) >= 11 is 0. The summed E-state index contributed by atoms with van der Waals surface area (Å²) in [6.45, 7) is 7.06. The van der Waals surface area contributed by atoms with Crippen LogP contribution in [0.5, 0.6) is 0 Å². The van der Waals surface area contributed by atoms with Crippen LogP contribution in [0.15, 0.2) is 30.3 Å². The zero-order valence-electron chi connectivity index (χ0n) is 15.4. The predicted molar refractivity (Wildman–Crippen MR) is 96.9 cm³/mol. The summed E-state index contributed by atoms with van der Waals surface area (Å²) in [7, 11) is 0. The van der Waals surface area contributed by atoms with Crippen LogP contribution in [0.1, 0.15) is 39.2 Å². The van der Waals surface area contributed by atoms with Crippen LogP contribution < -0.4 is 5.73 Å². The third-order valence-corrected chi connectivity index (χ3v) is 4.45. The minimum Gasteiger partial charge on any atom is -0.445 e. The van der Waals surface area contributed by atoms with Gasteiger partial charge in [0.15, 0.2) is 0 Å². The van der Waals surface area contributed by atoms with Gasteiger partial charge in [0.2, 0.25) is 5.91 Å². The van der Waals surface area contributed by atoms with Crippen LogP contribution >= 0.6 is 0 Å². The maximum Gasteiger partial charge on any atom is 0.410 e. The van der Waals surface area contributed by atoms with Gasteiger partial charge in [0.1, 0.15) is 6.61 Å². The maximum absolute atomic E-state index is 12.4. The average Bonchev–Trinajstić information content (AvgIpc) is 2.60. The number of likely N-dealkylation sites (tertiary alicyclic amines) is 1. The predicted octanol–water partition coefficient (Wildman–Crippen LogP) is 2.37. The molecule has 2 amide bonds. The van der Waals surface area contributed by atoms with Gasteiger partial charge in [-0.15, -0.1) is 0 Å². The third kappa shape index (κ3) is 5.19. The molecule has 138 valence electrons. The van der Waals surface area contributed by atoms with E-state index in [2.05, 4.69) is 0 Å². The number of benzene rings is 1. The van der Waals surface area contributed by atoms with Crippen molar-refractivity contribution in [1.82, 2.24) is 9.80 Å². The van der Waals surface area contributed by atoms with Crippen molar-refractivity contribution >= 4 is 12.0 Å². The average molecular weight is 347 g/mol. The van der Waals surface area contributed by atoms with Gasteiger partial charge in [-0.25, -0.2) is 4.79 Å². The Morgan fingerprint density at radius 3 is 2.56 bits per heavy atom. The number of rotatable bonds is 5. The van der Waals surface area contributed by atoms with Crippen molar-refractivity contribution in [1.29, 1.82) is 0 Å². The molecule has 1 saturated heterocycles. The van der Waals surface area contributed by atoms with E-state index in [0.29, 0.717) is 13.1 Å². The van der Waals surface area contributed by atoms with Crippen molar-refractivity contribution in [3.05, 3.63) is 35.9 Å². The van der Waals surface area contributed by atoms with Crippen LogP contribution in [0.4, 0.5) is 4.79 Å². The van der Waals surface area contributed by atoms with E-state index in [-0.39, 0.29) is 30.7 Å². The molecule has 6 heteroatoms. The summed E-state index contributed by atoms with van der Waals surface area (Å²) in [6.07, 6.45) is 1.39. The first kappa shape index (κ1) is 19.2. The lowest BCUT2D eigenvalue weighted by Crippen LogP contribution is -2.57. The number of amides is 2. The first-order valence-corrected chi connectivity index (χ1v) is 8.93. The highest BCUT2D eigenvalue weighted by atomic mass is 16.6. The molecule has 0 aliphatic carbocycles. The van der Waals surface area contributed by atoms with E-state index >= 15 is 0 Å². The summed E-state index contributed by atoms with van der Waals surface area (Å²) in [4.78, 5) is 28.3. The van der Waals surface area contributed by atoms with E-state index in [9.17, 15) is 9.59 Å². The molecule has 1 fully saturated rings. The van der Waals surface area contributed by atoms with Gasteiger partial charge < -0.3 is 20.3 Å². The highest BCUT2D eigenvalue weighted by molar-refractivity contribution is 5.82. The second-order valence-corrected chi connectivity index (χ2v) is 6.91. The van der Waals surface area contributed by atoms with E-state index in [1.165, 1.54) is 0 Å². The van der Waals surface area contributed by atoms with Crippen molar-refractivity contribution < 1.29 is 14.3 Å². The van der Waals surface area contributed by atoms with E-state index in [1.807, 2.05) is 49.1 Å². The second kappa shape index (κ2) is 8.85. The molecule has 0 bridgehead atoms. The Morgan fingerprint density at radius 2 is 1.96 bits per heavy atom. The number of hydrogen-bond donors (Lipinski definition) is 1. The van der Waals surface area contributed by atoms with Crippen molar-refractivity contribution in [3.8, 4) is 0 Å². The monoisotopic (exact) mass is 347 g/mol. The van der Waals surface area contributed by atoms with Gasteiger partial charge in [-0.2, -0.15) is 0 Å². The van der Waals surface area contributed by atoms with Crippen molar-refractivity contribution in [2.75, 3.05) is 13.1 Å². The van der Waals surface area contributed by atoms with Crippen LogP contribution in [-0.4, -0.2) is 53.0 Å². The van der Waals surface area contributed by atoms with Gasteiger partial charge in [-0.05, 0) is 39.2 Å². The van der Waals surface area contributed by atoms with Crippen molar-refractivity contribution in [3.63, 3.8) is 0 Å². The van der Waals surface area contributed by atoms with E-state index in [0.717, 1.165) is 18.4 Å². The number of hydrogen-bond acceptors (Lipinski definition) is 4. The van der Waals surface area contributed by atoms with Crippen LogP contribution in [0.2, 0.25) is 0 Å². The lowest BCUT2D eigenvalue weighted by Gasteiger charge is -2.41. The summed E-state index contributed by atoms with van der Waals surface area (Å²) in [5.74, 6) is -0.0699. The molecular weight excluding hydrogens is 318 g/mol. The van der Waals surface area contributed by atoms with Gasteiger partial charge in [-0.3, -0.25) is 4.79 Å². The summed E-state index contributed by atoms with van der Waals surface area (Å²) in [5, 5.41) is 0. The number of carbonyl (C=O) groups excluding carboxylic acids is 2. The van der Waals surface area contributed by atoms with Crippen LogP contribution in [0.3, 0.4) is 0 Å². The Bertz CT molecular complexity index is 575. The smallest absolute Gasteiger partial charge is 0.410 e. The molecule has 2 atom stereocenters. The Labute approximate surface area is 149 Å². The fourth-order valence-electron chi connectivity index (χ4n) is 3.25. The summed E-state index contributed by atoms with van der Waals surface area (Å²) in [6, 6.07) is 9.10. The number of carbonyl (C=O) groups is 2. The fourth-order valence-corrected chi connectivity index (χ4v) is 3.25. The molecule has 2 rings (SSSR count). The van der Waals surface area contributed by atoms with E-state index in [4.69, 9.17) is 10.5 Å². The van der Waals surface area contributed by atoms with Crippen LogP contribution in [0.25, 0.3) is 0 Å². The Morgan fingerprint density at radius 1 is 1.28 bits per heavy atom. The van der Waals surface area contributed by atoms with Gasteiger partial charge in [0, 0.05) is 25.2 Å². The number of nitrogens with zero attached hydrogens (tertiary/aromatic N) is 2. The van der Waals surface area contributed by atoms with Crippen molar-refractivity contribution in [2.24, 2.45) is 5.73 Å². The zero-order chi connectivity index (χ0) is 18.4. The molecule has 0 aromatic heterocycles. The summed E-state index contributed by atoms with van der Waals surface area (Å²) in [5.41, 5.74) is 6.75. The van der Waals surface area contributed by atoms with E-state index in [1.54, 1.807) is 11.8 Å². The first-order chi connectivity index (χ1) is 11.9. The SMILES string of the molecule is CC(C)N(C(=O)[C@H](C)N)[C@@H]1CCCN(C(=O)OCc2ccccc2)C1. The van der Waals surface area contributed by atoms with Crippen LogP contribution in [-0.2, 0) is 16.1 Å². The highest BCUT2D eigenvalue weighted by Gasteiger charge is 2.33. The topological polar surface area (TPSA) is 75.9 Å². The third-order valence-electron chi connectivity index (χ3n) is 4.45. The summed E-state index contributed by atoms with van der Waals surface area (Å²) < 4.78 is 5.42. The lowest BCUT2D eigenvalue weighted by molar-refractivity contribution is -0.137. The molecule has 1 aliphatic heterocycles. The lowest BCUT2D eigenvalue weighted by atomic mass is 10.0. The van der Waals surface area contributed by atoms with E-state index < -0.39 is 6.04 Å². The van der Waals surface area contributed by atoms with Gasteiger partial charge >= 0.3 is 6.09 Å². The van der Waals surface area contributed by atoms with Gasteiger partial charge in [0.25, 0.3) is 0 Å². The Kier molecular flexibility index (Phi) is 6.82. The molecule has 0 spiro atoms. The van der Waals surface area contributed by atoms with Crippen molar-refractivity contribution in [2.45, 2.75) is 58.3 Å². The Balaban J connectivity index is 1.96. The molecule has 2 N–H and O–H groups in total. The molecule has 6 nitrogen and oxygen atoms in total. The fraction of sp³-hybridized carbons (Fsp3) is 0.579. The van der Waals surface area contributed by atoms with Gasteiger partial charge in [0.05, 0.1) is 6.04 Å². The largest absolute Gasteiger partial charge is 0.445 e. The normalized spacial score (nSPS) is 18.8. The molecule has 1 heterocycles. The minimum absolute atomic E-state index is 0.0171. The quantitative estimate of drug-likeness (QED) is 0.887. The Hall–Kier alpha value is -2.08. The number of ether oxygens (including phenoxy) is 1. The standard InChI is InChI=1S/C19H29N3O3/c1-14(2)22(18(23)15(3)20)17-10-7-11-21(12-17)19(24)25-13-16-8-5-4-6-9-16/h4-6,8-9,14-15,17H,7,10-13,20H2,1-3H3/t15-,17+/m0/s1. The second-order valence-electron chi connectivity index (χ2n) is 6.91. The maximum atomic E-state index is 12.4. The minimum atomic E-state index is -0.539. The zero-order valence-corrected chi connectivity index (χ0v) is 15.4. The molecule has 0 saturated carbocycles. The molecule has 0 unspecified atom stereocenters. The molecule has 1 aromatic rings.